The van der Waals surface area contributed by atoms with Crippen LogP contribution in [0.25, 0.3) is 11.0 Å². The van der Waals surface area contributed by atoms with Gasteiger partial charge in [-0.15, -0.1) is 0 Å². The van der Waals surface area contributed by atoms with Gasteiger partial charge in [-0.1, -0.05) is 0 Å². The smallest absolute Gasteiger partial charge is 0.336 e. The van der Waals surface area contributed by atoms with E-state index in [1.807, 2.05) is 0 Å². The van der Waals surface area contributed by atoms with E-state index in [4.69, 9.17) is 13.9 Å². The molecule has 8 nitrogen and oxygen atoms in total. The summed E-state index contributed by atoms with van der Waals surface area (Å²) in [5.74, 6) is 0.202. The summed E-state index contributed by atoms with van der Waals surface area (Å²) >= 11 is 0. The van der Waals surface area contributed by atoms with E-state index >= 15 is 0 Å². The Hall–Kier alpha value is -2.26. The molecule has 1 aliphatic heterocycles. The fourth-order valence-corrected chi connectivity index (χ4v) is 2.60. The summed E-state index contributed by atoms with van der Waals surface area (Å²) in [5.41, 5.74) is 0.516. The lowest BCUT2D eigenvalue weighted by Gasteiger charge is -2.38. The number of aryl methyl sites for hydroxylation is 1. The number of carbonyl (C=O) groups is 1. The van der Waals surface area contributed by atoms with Crippen molar-refractivity contribution >= 4 is 17.3 Å². The third kappa shape index (κ3) is 2.92. The number of hydrogen-bond donors (Lipinski definition) is 3. The van der Waals surface area contributed by atoms with Crippen molar-refractivity contribution in [1.82, 2.24) is 0 Å². The molecule has 3 rings (SSSR count). The molecule has 0 radical (unpaired) electrons. The van der Waals surface area contributed by atoms with Gasteiger partial charge in [0.15, 0.2) is 6.29 Å². The van der Waals surface area contributed by atoms with Crippen LogP contribution in [0.3, 0.4) is 0 Å². The summed E-state index contributed by atoms with van der Waals surface area (Å²) in [6.45, 7) is 1.76. The van der Waals surface area contributed by atoms with Gasteiger partial charge in [0.2, 0.25) is 6.29 Å². The van der Waals surface area contributed by atoms with Crippen molar-refractivity contribution in [1.29, 1.82) is 0 Å². The maximum absolute atomic E-state index is 11.4. The van der Waals surface area contributed by atoms with Crippen molar-refractivity contribution in [2.75, 3.05) is 0 Å². The zero-order chi connectivity index (χ0) is 17.4. The molecule has 1 aromatic heterocycles. The first kappa shape index (κ1) is 16.6. The second-order valence-corrected chi connectivity index (χ2v) is 5.60. The molecular weight excluding hydrogens is 320 g/mol. The van der Waals surface area contributed by atoms with Gasteiger partial charge in [-0.25, -0.2) is 4.79 Å². The fourth-order valence-electron chi connectivity index (χ4n) is 2.60. The van der Waals surface area contributed by atoms with Gasteiger partial charge in [0, 0.05) is 17.5 Å². The van der Waals surface area contributed by atoms with Crippen LogP contribution in [0.5, 0.6) is 5.75 Å². The standard InChI is InChI=1S/C16H16O8/c1-7-4-12(18)23-10-5-8(2-3-9(7)10)22-16-15(21)14(20)13(19)11(6-17)24-16/h2-6,11,13-16,19-21H,1H3/t11?,13-,14?,15?,16+/m0/s1. The van der Waals surface area contributed by atoms with Crippen molar-refractivity contribution in [3.63, 3.8) is 0 Å². The minimum atomic E-state index is -1.60. The average Bonchev–Trinajstić information content (AvgIpc) is 2.55. The fraction of sp³-hybridized carbons (Fsp3) is 0.375. The number of aldehydes is 1. The Morgan fingerprint density at radius 2 is 1.88 bits per heavy atom. The van der Waals surface area contributed by atoms with Crippen molar-refractivity contribution in [3.05, 3.63) is 40.2 Å². The van der Waals surface area contributed by atoms with Gasteiger partial charge in [0.05, 0.1) is 0 Å². The molecule has 1 fully saturated rings. The molecule has 0 amide bonds. The van der Waals surface area contributed by atoms with Crippen molar-refractivity contribution in [2.45, 2.75) is 37.6 Å². The number of ether oxygens (including phenoxy) is 2. The summed E-state index contributed by atoms with van der Waals surface area (Å²) < 4.78 is 15.7. The van der Waals surface area contributed by atoms with Gasteiger partial charge in [0.25, 0.3) is 0 Å². The number of rotatable bonds is 3. The second-order valence-electron chi connectivity index (χ2n) is 5.60. The molecule has 3 unspecified atom stereocenters. The lowest BCUT2D eigenvalue weighted by atomic mass is 10.00. The van der Waals surface area contributed by atoms with Crippen LogP contribution in [-0.4, -0.2) is 52.3 Å². The summed E-state index contributed by atoms with van der Waals surface area (Å²) in [4.78, 5) is 22.3. The lowest BCUT2D eigenvalue weighted by Crippen LogP contribution is -2.59. The Morgan fingerprint density at radius 1 is 1.12 bits per heavy atom. The Morgan fingerprint density at radius 3 is 2.58 bits per heavy atom. The van der Waals surface area contributed by atoms with Crippen molar-refractivity contribution < 1.29 is 34.0 Å². The summed E-state index contributed by atoms with van der Waals surface area (Å²) in [5, 5.41) is 30.0. The van der Waals surface area contributed by atoms with Crippen LogP contribution in [0.4, 0.5) is 0 Å². The van der Waals surface area contributed by atoms with Crippen molar-refractivity contribution in [2.24, 2.45) is 0 Å². The third-order valence-electron chi connectivity index (χ3n) is 3.92. The highest BCUT2D eigenvalue weighted by Crippen LogP contribution is 2.26. The molecule has 128 valence electrons. The SMILES string of the molecule is Cc1cc(=O)oc2cc(O[C@@H]3OC(C=O)[C@H](O)C(O)C3O)ccc12. The number of carbonyl (C=O) groups excluding carboxylic acids is 1. The van der Waals surface area contributed by atoms with Gasteiger partial charge < -0.3 is 34.0 Å². The van der Waals surface area contributed by atoms with Crippen LogP contribution in [0, 0.1) is 6.92 Å². The molecule has 1 aromatic carbocycles. The second kappa shape index (κ2) is 6.33. The first-order chi connectivity index (χ1) is 11.4. The maximum atomic E-state index is 11.4. The average molecular weight is 336 g/mol. The van der Waals surface area contributed by atoms with Gasteiger partial charge in [-0.2, -0.15) is 0 Å². The topological polar surface area (TPSA) is 126 Å². The van der Waals surface area contributed by atoms with Crippen LogP contribution in [0.2, 0.25) is 0 Å². The molecule has 24 heavy (non-hydrogen) atoms. The number of benzene rings is 1. The monoisotopic (exact) mass is 336 g/mol. The largest absolute Gasteiger partial charge is 0.462 e. The minimum Gasteiger partial charge on any atom is -0.462 e. The van der Waals surface area contributed by atoms with Crippen LogP contribution in [0.15, 0.2) is 33.5 Å². The van der Waals surface area contributed by atoms with E-state index in [0.29, 0.717) is 11.7 Å². The molecule has 8 heteroatoms. The Bertz CT molecular complexity index is 813. The third-order valence-corrected chi connectivity index (χ3v) is 3.92. The van der Waals surface area contributed by atoms with E-state index in [1.54, 1.807) is 19.1 Å². The number of fused-ring (bicyclic) bond motifs is 1. The molecule has 3 N–H and O–H groups in total. The van der Waals surface area contributed by atoms with E-state index in [2.05, 4.69) is 0 Å². The summed E-state index contributed by atoms with van der Waals surface area (Å²) in [7, 11) is 0. The molecular formula is C16H16O8. The van der Waals surface area contributed by atoms with Crippen LogP contribution < -0.4 is 10.4 Å². The molecule has 2 heterocycles. The van der Waals surface area contributed by atoms with Gasteiger partial charge in [-0.3, -0.25) is 0 Å². The normalized spacial score (nSPS) is 30.2. The first-order valence-corrected chi connectivity index (χ1v) is 7.27. The highest BCUT2D eigenvalue weighted by atomic mass is 16.7. The Labute approximate surface area is 135 Å². The quantitative estimate of drug-likeness (QED) is 0.505. The highest BCUT2D eigenvalue weighted by Gasteiger charge is 2.44. The van der Waals surface area contributed by atoms with E-state index in [0.717, 1.165) is 5.56 Å². The molecule has 0 aliphatic carbocycles. The predicted octanol–water partition coefficient (Wildman–Crippen LogP) is -0.513. The van der Waals surface area contributed by atoms with E-state index in [1.165, 1.54) is 12.1 Å². The van der Waals surface area contributed by atoms with Gasteiger partial charge in [0.1, 0.15) is 35.7 Å². The number of aliphatic hydroxyl groups excluding tert-OH is 3. The molecule has 0 bridgehead atoms. The lowest BCUT2D eigenvalue weighted by molar-refractivity contribution is -0.263. The molecule has 1 aliphatic rings. The summed E-state index contributed by atoms with van der Waals surface area (Å²) in [6, 6.07) is 6.04. The number of aliphatic hydroxyl groups is 3. The molecule has 2 aromatic rings. The van der Waals surface area contributed by atoms with Gasteiger partial charge in [-0.05, 0) is 24.6 Å². The Balaban J connectivity index is 1.88. The molecule has 0 saturated carbocycles. The van der Waals surface area contributed by atoms with E-state index in [-0.39, 0.29) is 11.3 Å². The first-order valence-electron chi connectivity index (χ1n) is 7.27. The van der Waals surface area contributed by atoms with Crippen LogP contribution >= 0.6 is 0 Å². The zero-order valence-corrected chi connectivity index (χ0v) is 12.7. The predicted molar refractivity (Wildman–Crippen MR) is 80.6 cm³/mol. The molecule has 5 atom stereocenters. The minimum absolute atomic E-state index is 0.202. The van der Waals surface area contributed by atoms with E-state index < -0.39 is 36.3 Å². The van der Waals surface area contributed by atoms with Gasteiger partial charge >= 0.3 is 5.63 Å². The van der Waals surface area contributed by atoms with Crippen LogP contribution in [0.1, 0.15) is 5.56 Å². The maximum Gasteiger partial charge on any atom is 0.336 e. The van der Waals surface area contributed by atoms with Crippen LogP contribution in [-0.2, 0) is 9.53 Å². The Kier molecular flexibility index (Phi) is 4.37. The van der Waals surface area contributed by atoms with Crippen molar-refractivity contribution in [3.8, 4) is 5.75 Å². The molecule has 0 spiro atoms. The highest BCUT2D eigenvalue weighted by molar-refractivity contribution is 5.81. The molecule has 1 saturated heterocycles. The zero-order valence-electron chi connectivity index (χ0n) is 12.7. The summed E-state index contributed by atoms with van der Waals surface area (Å²) in [6.07, 6.45) is -7.08. The van der Waals surface area contributed by atoms with E-state index in [9.17, 15) is 24.9 Å². The number of hydrogen-bond acceptors (Lipinski definition) is 8.